The summed E-state index contributed by atoms with van der Waals surface area (Å²) in [5.41, 5.74) is 6.63. The van der Waals surface area contributed by atoms with Crippen LogP contribution in [-0.4, -0.2) is 33.7 Å². The van der Waals surface area contributed by atoms with Gasteiger partial charge in [0.25, 0.3) is 0 Å². The Balaban J connectivity index is 1.65. The summed E-state index contributed by atoms with van der Waals surface area (Å²) in [4.78, 5) is 13.6. The third-order valence-electron chi connectivity index (χ3n) is 6.41. The smallest absolute Gasteiger partial charge is 0.174 e. The Morgan fingerprint density at radius 2 is 1.62 bits per heavy atom. The van der Waals surface area contributed by atoms with E-state index in [1.165, 1.54) is 5.56 Å². The largest absolute Gasteiger partial charge is 0.378 e. The van der Waals surface area contributed by atoms with Crippen molar-refractivity contribution >= 4 is 28.7 Å². The van der Waals surface area contributed by atoms with E-state index < -0.39 is 0 Å². The van der Waals surface area contributed by atoms with Crippen molar-refractivity contribution in [2.75, 3.05) is 23.9 Å². The van der Waals surface area contributed by atoms with Gasteiger partial charge in [0.15, 0.2) is 5.11 Å². The number of thiocarbonyl (C=S) groups is 1. The van der Waals surface area contributed by atoms with Crippen LogP contribution in [0, 0.1) is 13.8 Å². The van der Waals surface area contributed by atoms with Crippen LogP contribution < -0.4 is 15.1 Å². The van der Waals surface area contributed by atoms with Gasteiger partial charge in [-0.15, -0.1) is 0 Å². The van der Waals surface area contributed by atoms with Gasteiger partial charge in [0, 0.05) is 49.3 Å². The minimum Gasteiger partial charge on any atom is -0.378 e. The molecule has 34 heavy (non-hydrogen) atoms. The molecule has 0 amide bonds. The van der Waals surface area contributed by atoms with Gasteiger partial charge in [0.2, 0.25) is 0 Å². The average Bonchev–Trinajstić information content (AvgIpc) is 3.35. The van der Waals surface area contributed by atoms with Gasteiger partial charge in [0.1, 0.15) is 5.82 Å². The molecule has 1 N–H and O–H groups in total. The van der Waals surface area contributed by atoms with Gasteiger partial charge in [-0.05, 0) is 86.2 Å². The van der Waals surface area contributed by atoms with Crippen molar-refractivity contribution in [3.05, 3.63) is 102 Å². The number of rotatable bonds is 5. The number of nitrogens with one attached hydrogen (secondary N) is 1. The molecule has 3 aromatic heterocycles. The van der Waals surface area contributed by atoms with Crippen LogP contribution in [0.2, 0.25) is 0 Å². The van der Waals surface area contributed by atoms with Crippen LogP contribution in [0.25, 0.3) is 5.82 Å². The van der Waals surface area contributed by atoms with Crippen molar-refractivity contribution in [1.29, 1.82) is 0 Å². The fourth-order valence-corrected chi connectivity index (χ4v) is 5.13. The zero-order valence-corrected chi connectivity index (χ0v) is 20.6. The molecule has 1 saturated heterocycles. The lowest BCUT2D eigenvalue weighted by molar-refractivity contribution is 0.565. The van der Waals surface area contributed by atoms with Gasteiger partial charge in [-0.2, -0.15) is 0 Å². The predicted octanol–water partition coefficient (Wildman–Crippen LogP) is 5.13. The first kappa shape index (κ1) is 22.1. The fourth-order valence-electron chi connectivity index (χ4n) is 4.79. The molecule has 0 bridgehead atoms. The van der Waals surface area contributed by atoms with Crippen LogP contribution in [0.1, 0.15) is 34.7 Å². The lowest BCUT2D eigenvalue weighted by Gasteiger charge is -2.28. The molecular weight excluding hydrogens is 440 g/mol. The number of pyridine rings is 2. The second kappa shape index (κ2) is 8.91. The average molecular weight is 469 g/mol. The normalized spacial score (nSPS) is 17.6. The summed E-state index contributed by atoms with van der Waals surface area (Å²) in [5.74, 6) is 0.911. The maximum atomic E-state index is 5.89. The van der Waals surface area contributed by atoms with Gasteiger partial charge in [0.05, 0.1) is 17.8 Å². The first-order valence-electron chi connectivity index (χ1n) is 11.3. The molecule has 172 valence electrons. The Labute approximate surface area is 205 Å². The number of anilines is 2. The van der Waals surface area contributed by atoms with E-state index in [9.17, 15) is 0 Å². The summed E-state index contributed by atoms with van der Waals surface area (Å²) >= 11 is 5.89. The Bertz CT molecular complexity index is 1300. The summed E-state index contributed by atoms with van der Waals surface area (Å²) in [5, 5.41) is 4.26. The summed E-state index contributed by atoms with van der Waals surface area (Å²) in [6.07, 6.45) is 3.66. The van der Waals surface area contributed by atoms with E-state index in [2.05, 4.69) is 79.9 Å². The zero-order chi connectivity index (χ0) is 23.8. The van der Waals surface area contributed by atoms with Crippen molar-refractivity contribution in [3.8, 4) is 5.82 Å². The fraction of sp³-hybridized carbons (Fsp3) is 0.222. The minimum absolute atomic E-state index is 0.0590. The van der Waals surface area contributed by atoms with E-state index in [1.54, 1.807) is 0 Å². The van der Waals surface area contributed by atoms with E-state index in [0.717, 1.165) is 34.3 Å². The molecule has 4 aromatic rings. The number of benzene rings is 1. The van der Waals surface area contributed by atoms with Gasteiger partial charge in [-0.25, -0.2) is 4.98 Å². The molecule has 2 atom stereocenters. The van der Waals surface area contributed by atoms with Gasteiger partial charge < -0.3 is 19.7 Å². The first-order valence-corrected chi connectivity index (χ1v) is 11.7. The lowest BCUT2D eigenvalue weighted by atomic mass is 9.96. The summed E-state index contributed by atoms with van der Waals surface area (Å²) in [7, 11) is 4.09. The van der Waals surface area contributed by atoms with Gasteiger partial charge >= 0.3 is 0 Å². The molecule has 0 spiro atoms. The van der Waals surface area contributed by atoms with E-state index >= 15 is 0 Å². The molecule has 0 saturated carbocycles. The first-order chi connectivity index (χ1) is 16.5. The highest BCUT2D eigenvalue weighted by Gasteiger charge is 2.42. The highest BCUT2D eigenvalue weighted by molar-refractivity contribution is 7.80. The topological polar surface area (TPSA) is 49.2 Å². The van der Waals surface area contributed by atoms with E-state index in [1.807, 2.05) is 56.8 Å². The SMILES string of the molecule is Cc1cc([C@@H]2[C@@H](c3ccccn3)NC(=S)N2c2ccc(N(C)C)cc2)c(C)n1-c1ccccn1. The number of hydrogen-bond acceptors (Lipinski definition) is 4. The third kappa shape index (κ3) is 3.82. The molecular formula is C27H28N6S. The maximum absolute atomic E-state index is 5.89. The van der Waals surface area contributed by atoms with E-state index in [0.29, 0.717) is 5.11 Å². The number of nitrogens with zero attached hydrogens (tertiary/aromatic N) is 5. The van der Waals surface area contributed by atoms with Crippen molar-refractivity contribution in [3.63, 3.8) is 0 Å². The van der Waals surface area contributed by atoms with Crippen LogP contribution in [0.3, 0.4) is 0 Å². The Kier molecular flexibility index (Phi) is 5.79. The molecule has 1 aliphatic rings. The molecule has 0 aliphatic carbocycles. The molecule has 0 unspecified atom stereocenters. The van der Waals surface area contributed by atoms with Crippen molar-refractivity contribution < 1.29 is 0 Å². The number of aryl methyl sites for hydroxylation is 1. The standard InChI is InChI=1S/C27H28N6S/c1-18-17-22(19(2)32(18)24-10-6-8-16-29-24)26-25(23-9-5-7-15-28-23)30-27(34)33(26)21-13-11-20(12-14-21)31(3)4/h5-17,25-26H,1-4H3,(H,30,34)/t25-,26-/m1/s1. The van der Waals surface area contributed by atoms with Gasteiger partial charge in [-0.1, -0.05) is 12.1 Å². The summed E-state index contributed by atoms with van der Waals surface area (Å²) < 4.78 is 2.21. The highest BCUT2D eigenvalue weighted by atomic mass is 32.1. The Morgan fingerprint density at radius 1 is 0.912 bits per heavy atom. The predicted molar refractivity (Wildman–Crippen MR) is 142 cm³/mol. The van der Waals surface area contributed by atoms with Crippen molar-refractivity contribution in [2.24, 2.45) is 0 Å². The van der Waals surface area contributed by atoms with Crippen molar-refractivity contribution in [2.45, 2.75) is 25.9 Å². The summed E-state index contributed by atoms with van der Waals surface area (Å²) in [6.45, 7) is 4.28. The highest BCUT2D eigenvalue weighted by Crippen LogP contribution is 2.43. The molecule has 0 radical (unpaired) electrons. The molecule has 1 aromatic carbocycles. The van der Waals surface area contributed by atoms with Crippen LogP contribution >= 0.6 is 12.2 Å². The van der Waals surface area contributed by atoms with Crippen LogP contribution in [0.4, 0.5) is 11.4 Å². The Hall–Kier alpha value is -3.71. The molecule has 1 aliphatic heterocycles. The molecule has 7 heteroatoms. The molecule has 1 fully saturated rings. The third-order valence-corrected chi connectivity index (χ3v) is 6.72. The number of hydrogen-bond donors (Lipinski definition) is 1. The second-order valence-corrected chi connectivity index (χ2v) is 9.14. The van der Waals surface area contributed by atoms with Gasteiger partial charge in [-0.3, -0.25) is 4.98 Å². The van der Waals surface area contributed by atoms with Crippen molar-refractivity contribution in [1.82, 2.24) is 19.9 Å². The van der Waals surface area contributed by atoms with E-state index in [4.69, 9.17) is 12.2 Å². The maximum Gasteiger partial charge on any atom is 0.174 e. The number of aromatic nitrogens is 3. The van der Waals surface area contributed by atoms with Crippen LogP contribution in [-0.2, 0) is 0 Å². The minimum atomic E-state index is -0.0834. The lowest BCUT2D eigenvalue weighted by Crippen LogP contribution is -2.29. The monoisotopic (exact) mass is 468 g/mol. The molecule has 5 rings (SSSR count). The second-order valence-electron chi connectivity index (χ2n) is 8.76. The van der Waals surface area contributed by atoms with Crippen LogP contribution in [0.5, 0.6) is 0 Å². The van der Waals surface area contributed by atoms with E-state index in [-0.39, 0.29) is 12.1 Å². The molecule has 4 heterocycles. The van der Waals surface area contributed by atoms with Crippen LogP contribution in [0.15, 0.2) is 79.1 Å². The quantitative estimate of drug-likeness (QED) is 0.410. The summed E-state index contributed by atoms with van der Waals surface area (Å²) in [6, 6.07) is 22.6. The zero-order valence-electron chi connectivity index (χ0n) is 19.8. The molecule has 6 nitrogen and oxygen atoms in total. The Morgan fingerprint density at radius 3 is 2.24 bits per heavy atom.